The molecule has 31 heavy (non-hydrogen) atoms. The zero-order valence-corrected chi connectivity index (χ0v) is 19.9. The van der Waals surface area contributed by atoms with Gasteiger partial charge in [-0.3, -0.25) is 4.79 Å². The topological polar surface area (TPSA) is 97.1 Å². The van der Waals surface area contributed by atoms with Gasteiger partial charge >= 0.3 is 11.3 Å². The van der Waals surface area contributed by atoms with E-state index in [1.54, 1.807) is 32.9 Å². The lowest BCUT2D eigenvalue weighted by molar-refractivity contribution is -0.158. The lowest BCUT2D eigenvalue weighted by Gasteiger charge is -2.23. The van der Waals surface area contributed by atoms with Crippen molar-refractivity contribution in [1.82, 2.24) is 0 Å². The molecule has 0 saturated carbocycles. The SMILES string of the molecule is CC(C)(C)OC(=O)SCCOCCOc1ccc(C(F)C(N)C(=O)OC(C)(C)C)cc1. The van der Waals surface area contributed by atoms with E-state index in [-0.39, 0.29) is 10.9 Å². The number of alkyl halides is 1. The van der Waals surface area contributed by atoms with Gasteiger partial charge in [-0.1, -0.05) is 12.1 Å². The van der Waals surface area contributed by atoms with Crippen LogP contribution in [0.2, 0.25) is 0 Å². The van der Waals surface area contributed by atoms with Crippen molar-refractivity contribution < 1.29 is 32.9 Å². The highest BCUT2D eigenvalue weighted by molar-refractivity contribution is 8.13. The van der Waals surface area contributed by atoms with Crippen LogP contribution in [0.1, 0.15) is 53.3 Å². The molecule has 0 aromatic heterocycles. The standard InChI is InChI=1S/C22H34FNO6S/c1-21(2,3)29-19(25)18(24)17(23)15-7-9-16(10-8-15)28-12-11-27-13-14-31-20(26)30-22(4,5)6/h7-10,17-18H,11-14,24H2,1-6H3. The number of hydrogen-bond acceptors (Lipinski definition) is 8. The second kappa shape index (κ2) is 12.3. The average molecular weight is 460 g/mol. The van der Waals surface area contributed by atoms with Gasteiger partial charge in [-0.25, -0.2) is 9.18 Å². The Hall–Kier alpha value is -1.84. The van der Waals surface area contributed by atoms with Crippen LogP contribution in [0.15, 0.2) is 24.3 Å². The summed E-state index contributed by atoms with van der Waals surface area (Å²) in [5.41, 5.74) is 4.73. The molecule has 1 aromatic carbocycles. The van der Waals surface area contributed by atoms with E-state index in [2.05, 4.69) is 0 Å². The Bertz CT molecular complexity index is 699. The molecule has 0 heterocycles. The van der Waals surface area contributed by atoms with Crippen LogP contribution in [0.5, 0.6) is 5.75 Å². The molecule has 2 N–H and O–H groups in total. The first-order valence-corrected chi connectivity index (χ1v) is 11.1. The van der Waals surface area contributed by atoms with Crippen LogP contribution in [-0.2, 0) is 19.0 Å². The first-order chi connectivity index (χ1) is 14.3. The zero-order chi connectivity index (χ0) is 23.7. The summed E-state index contributed by atoms with van der Waals surface area (Å²) in [6.45, 7) is 11.6. The van der Waals surface area contributed by atoms with E-state index in [9.17, 15) is 14.0 Å². The molecule has 0 amide bonds. The fourth-order valence-electron chi connectivity index (χ4n) is 2.23. The minimum atomic E-state index is -1.69. The molecule has 7 nitrogen and oxygen atoms in total. The van der Waals surface area contributed by atoms with Gasteiger partial charge in [0.1, 0.15) is 29.6 Å². The first-order valence-electron chi connectivity index (χ1n) is 10.1. The van der Waals surface area contributed by atoms with E-state index in [0.29, 0.717) is 31.3 Å². The van der Waals surface area contributed by atoms with Crippen LogP contribution in [0.25, 0.3) is 0 Å². The third-order valence-electron chi connectivity index (χ3n) is 3.53. The molecular formula is C22H34FNO6S. The number of halogens is 1. The lowest BCUT2D eigenvalue weighted by atomic mass is 10.0. The Balaban J connectivity index is 2.30. The Labute approximate surface area is 188 Å². The highest BCUT2D eigenvalue weighted by Crippen LogP contribution is 2.24. The largest absolute Gasteiger partial charge is 0.491 e. The Morgan fingerprint density at radius 3 is 2.10 bits per heavy atom. The van der Waals surface area contributed by atoms with E-state index in [0.717, 1.165) is 11.8 Å². The number of carbonyl (C=O) groups excluding carboxylic acids is 2. The minimum absolute atomic E-state index is 0.265. The monoisotopic (exact) mass is 459 g/mol. The summed E-state index contributed by atoms with van der Waals surface area (Å²) in [5.74, 6) is 0.232. The van der Waals surface area contributed by atoms with Gasteiger partial charge in [0.05, 0.1) is 13.2 Å². The van der Waals surface area contributed by atoms with Crippen LogP contribution < -0.4 is 10.5 Å². The molecule has 1 rings (SSSR count). The number of hydrogen-bond donors (Lipinski definition) is 1. The summed E-state index contributed by atoms with van der Waals surface area (Å²) in [6, 6.07) is 4.83. The molecule has 0 aliphatic rings. The van der Waals surface area contributed by atoms with Crippen molar-refractivity contribution in [3.05, 3.63) is 29.8 Å². The smallest absolute Gasteiger partial charge is 0.367 e. The van der Waals surface area contributed by atoms with Crippen LogP contribution in [-0.4, -0.2) is 54.1 Å². The fraction of sp³-hybridized carbons (Fsp3) is 0.636. The van der Waals surface area contributed by atoms with Crippen molar-refractivity contribution in [3.8, 4) is 5.75 Å². The summed E-state index contributed by atoms with van der Waals surface area (Å²) in [5, 5.41) is -0.329. The van der Waals surface area contributed by atoms with E-state index >= 15 is 0 Å². The van der Waals surface area contributed by atoms with Gasteiger partial charge in [0.25, 0.3) is 0 Å². The van der Waals surface area contributed by atoms with Gasteiger partial charge in [-0.05, 0) is 71.0 Å². The van der Waals surface area contributed by atoms with Crippen molar-refractivity contribution in [2.75, 3.05) is 25.6 Å². The van der Waals surface area contributed by atoms with E-state index in [4.69, 9.17) is 24.7 Å². The second-order valence-corrected chi connectivity index (χ2v) is 9.83. The molecule has 2 atom stereocenters. The maximum atomic E-state index is 14.5. The third kappa shape index (κ3) is 11.9. The Kier molecular flexibility index (Phi) is 10.8. The quantitative estimate of drug-likeness (QED) is 0.405. The predicted octanol–water partition coefficient (Wildman–Crippen LogP) is 4.43. The van der Waals surface area contributed by atoms with Crippen LogP contribution in [0.3, 0.4) is 0 Å². The molecular weight excluding hydrogens is 425 g/mol. The highest BCUT2D eigenvalue weighted by atomic mass is 32.2. The van der Waals surface area contributed by atoms with E-state index < -0.39 is 29.4 Å². The van der Waals surface area contributed by atoms with Gasteiger partial charge < -0.3 is 24.7 Å². The normalized spacial score (nSPS) is 13.9. The molecule has 0 spiro atoms. The number of nitrogens with two attached hydrogens (primary N) is 1. The number of benzene rings is 1. The summed E-state index contributed by atoms with van der Waals surface area (Å²) < 4.78 is 35.8. The van der Waals surface area contributed by atoms with Crippen molar-refractivity contribution in [2.45, 2.75) is 65.0 Å². The fourth-order valence-corrected chi connectivity index (χ4v) is 2.91. The summed E-state index contributed by atoms with van der Waals surface area (Å²) in [6.07, 6.45) is -1.69. The van der Waals surface area contributed by atoms with E-state index in [1.165, 1.54) is 12.1 Å². The molecule has 2 unspecified atom stereocenters. The van der Waals surface area contributed by atoms with Gasteiger partial charge in [0, 0.05) is 5.75 Å². The summed E-state index contributed by atoms with van der Waals surface area (Å²) in [7, 11) is 0. The van der Waals surface area contributed by atoms with Gasteiger partial charge in [0.15, 0.2) is 6.17 Å². The molecule has 0 aliphatic carbocycles. The summed E-state index contributed by atoms with van der Waals surface area (Å²) >= 11 is 1.06. The van der Waals surface area contributed by atoms with Crippen molar-refractivity contribution in [1.29, 1.82) is 0 Å². The van der Waals surface area contributed by atoms with Gasteiger partial charge in [0.2, 0.25) is 0 Å². The molecule has 0 radical (unpaired) electrons. The minimum Gasteiger partial charge on any atom is -0.491 e. The average Bonchev–Trinajstić information content (AvgIpc) is 2.63. The maximum absolute atomic E-state index is 14.5. The maximum Gasteiger partial charge on any atom is 0.367 e. The van der Waals surface area contributed by atoms with Crippen molar-refractivity contribution in [3.63, 3.8) is 0 Å². The number of carbonyl (C=O) groups is 2. The highest BCUT2D eigenvalue weighted by Gasteiger charge is 2.30. The lowest BCUT2D eigenvalue weighted by Crippen LogP contribution is -2.40. The number of rotatable bonds is 10. The molecule has 1 aromatic rings. The molecule has 0 fully saturated rings. The molecule has 0 aliphatic heterocycles. The van der Waals surface area contributed by atoms with E-state index in [1.807, 2.05) is 20.8 Å². The van der Waals surface area contributed by atoms with Crippen molar-refractivity contribution in [2.24, 2.45) is 5.73 Å². The number of ether oxygens (including phenoxy) is 4. The second-order valence-electron chi connectivity index (χ2n) is 8.80. The van der Waals surface area contributed by atoms with Crippen LogP contribution >= 0.6 is 11.8 Å². The van der Waals surface area contributed by atoms with Crippen LogP contribution in [0, 0.1) is 0 Å². The third-order valence-corrected chi connectivity index (χ3v) is 4.22. The predicted molar refractivity (Wildman–Crippen MR) is 119 cm³/mol. The summed E-state index contributed by atoms with van der Waals surface area (Å²) in [4.78, 5) is 23.5. The zero-order valence-electron chi connectivity index (χ0n) is 19.1. The number of esters is 1. The first kappa shape index (κ1) is 27.2. The van der Waals surface area contributed by atoms with Gasteiger partial charge in [-0.15, -0.1) is 0 Å². The molecule has 9 heteroatoms. The molecule has 176 valence electrons. The Morgan fingerprint density at radius 1 is 0.968 bits per heavy atom. The Morgan fingerprint density at radius 2 is 1.55 bits per heavy atom. The van der Waals surface area contributed by atoms with Crippen molar-refractivity contribution >= 4 is 23.0 Å². The molecule has 0 saturated heterocycles. The number of thioether (sulfide) groups is 1. The molecule has 0 bridgehead atoms. The van der Waals surface area contributed by atoms with Crippen LogP contribution in [0.4, 0.5) is 9.18 Å². The van der Waals surface area contributed by atoms with Gasteiger partial charge in [-0.2, -0.15) is 0 Å².